The fourth-order valence-corrected chi connectivity index (χ4v) is 3.86. The summed E-state index contributed by atoms with van der Waals surface area (Å²) < 4.78 is 5.93. The Balaban J connectivity index is 1.88. The molecule has 110 valence electrons. The number of hydrogen-bond acceptors (Lipinski definition) is 3. The minimum Gasteiger partial charge on any atom is -0.375 e. The molecule has 3 rings (SSSR count). The van der Waals surface area contributed by atoms with E-state index >= 15 is 0 Å². The predicted octanol–water partition coefficient (Wildman–Crippen LogP) is 2.64. The molecule has 1 aromatic rings. The summed E-state index contributed by atoms with van der Waals surface area (Å²) in [5.74, 6) is 0. The third kappa shape index (κ3) is 2.62. The molecule has 0 aromatic heterocycles. The van der Waals surface area contributed by atoms with E-state index in [0.29, 0.717) is 18.2 Å². The van der Waals surface area contributed by atoms with Gasteiger partial charge in [-0.2, -0.15) is 0 Å². The fourth-order valence-electron chi connectivity index (χ4n) is 3.86. The van der Waals surface area contributed by atoms with Crippen LogP contribution in [0.3, 0.4) is 0 Å². The zero-order valence-corrected chi connectivity index (χ0v) is 12.6. The van der Waals surface area contributed by atoms with E-state index < -0.39 is 0 Å². The highest BCUT2D eigenvalue weighted by Gasteiger charge is 2.40. The van der Waals surface area contributed by atoms with E-state index in [4.69, 9.17) is 10.5 Å². The lowest BCUT2D eigenvalue weighted by molar-refractivity contribution is -0.0753. The molecular weight excluding hydrogens is 248 g/mol. The van der Waals surface area contributed by atoms with Gasteiger partial charge < -0.3 is 10.5 Å². The largest absolute Gasteiger partial charge is 0.375 e. The number of morpholine rings is 1. The highest BCUT2D eigenvalue weighted by molar-refractivity contribution is 5.25. The molecule has 2 N–H and O–H groups in total. The molecular formula is C17H26N2O. The minimum atomic E-state index is 0.136. The van der Waals surface area contributed by atoms with Crippen molar-refractivity contribution in [3.8, 4) is 0 Å². The summed E-state index contributed by atoms with van der Waals surface area (Å²) in [6, 6.07) is 9.86. The molecule has 1 saturated carbocycles. The first-order valence-corrected chi connectivity index (χ1v) is 7.86. The summed E-state index contributed by atoms with van der Waals surface area (Å²) >= 11 is 0. The molecule has 1 aromatic carbocycles. The lowest BCUT2D eigenvalue weighted by atomic mass is 9.95. The van der Waals surface area contributed by atoms with Crippen molar-refractivity contribution in [3.63, 3.8) is 0 Å². The molecule has 1 saturated heterocycles. The van der Waals surface area contributed by atoms with Gasteiger partial charge in [0.1, 0.15) is 0 Å². The number of benzene rings is 1. The van der Waals surface area contributed by atoms with Crippen molar-refractivity contribution in [3.05, 3.63) is 35.4 Å². The van der Waals surface area contributed by atoms with Crippen molar-refractivity contribution in [2.45, 2.75) is 57.3 Å². The van der Waals surface area contributed by atoms with E-state index in [2.05, 4.69) is 43.0 Å². The Morgan fingerprint density at radius 1 is 1.25 bits per heavy atom. The van der Waals surface area contributed by atoms with Gasteiger partial charge in [-0.25, -0.2) is 0 Å². The predicted molar refractivity (Wildman–Crippen MR) is 81.7 cm³/mol. The molecule has 0 amide bonds. The fraction of sp³-hybridized carbons (Fsp3) is 0.647. The second-order valence-electron chi connectivity index (χ2n) is 6.36. The van der Waals surface area contributed by atoms with Gasteiger partial charge in [0, 0.05) is 18.6 Å². The first kappa shape index (κ1) is 14.1. The summed E-state index contributed by atoms with van der Waals surface area (Å²) in [6.07, 6.45) is 4.17. The first-order chi connectivity index (χ1) is 9.66. The van der Waals surface area contributed by atoms with Crippen LogP contribution in [0.5, 0.6) is 0 Å². The van der Waals surface area contributed by atoms with Gasteiger partial charge in [0.05, 0.1) is 18.8 Å². The second kappa shape index (κ2) is 5.84. The SMILES string of the molecule is Cc1ccc(C(C(C)N)N2CCOC3CCCC32)cc1. The molecule has 2 aliphatic rings. The smallest absolute Gasteiger partial charge is 0.0731 e. The number of hydrogen-bond donors (Lipinski definition) is 1. The van der Waals surface area contributed by atoms with Crippen LogP contribution in [0.25, 0.3) is 0 Å². The van der Waals surface area contributed by atoms with Crippen LogP contribution in [0.1, 0.15) is 43.4 Å². The number of rotatable bonds is 3. The van der Waals surface area contributed by atoms with Gasteiger partial charge in [-0.3, -0.25) is 4.90 Å². The van der Waals surface area contributed by atoms with E-state index in [1.54, 1.807) is 0 Å². The molecule has 20 heavy (non-hydrogen) atoms. The quantitative estimate of drug-likeness (QED) is 0.921. The first-order valence-electron chi connectivity index (χ1n) is 7.86. The van der Waals surface area contributed by atoms with Crippen molar-refractivity contribution in [1.29, 1.82) is 0 Å². The summed E-state index contributed by atoms with van der Waals surface area (Å²) in [7, 11) is 0. The average molecular weight is 274 g/mol. The molecule has 4 atom stereocenters. The topological polar surface area (TPSA) is 38.5 Å². The molecule has 0 bridgehead atoms. The normalized spacial score (nSPS) is 29.9. The van der Waals surface area contributed by atoms with E-state index in [0.717, 1.165) is 13.2 Å². The van der Waals surface area contributed by atoms with Crippen molar-refractivity contribution in [2.75, 3.05) is 13.2 Å². The van der Waals surface area contributed by atoms with Gasteiger partial charge in [-0.1, -0.05) is 29.8 Å². The summed E-state index contributed by atoms with van der Waals surface area (Å²) in [5.41, 5.74) is 8.99. The van der Waals surface area contributed by atoms with Gasteiger partial charge >= 0.3 is 0 Å². The second-order valence-corrected chi connectivity index (χ2v) is 6.36. The lowest BCUT2D eigenvalue weighted by Crippen LogP contribution is -2.53. The molecule has 2 fully saturated rings. The Labute approximate surface area is 122 Å². The molecule has 1 heterocycles. The molecule has 4 unspecified atom stereocenters. The zero-order chi connectivity index (χ0) is 14.1. The molecule has 3 nitrogen and oxygen atoms in total. The Morgan fingerprint density at radius 3 is 2.70 bits per heavy atom. The van der Waals surface area contributed by atoms with Crippen molar-refractivity contribution < 1.29 is 4.74 Å². The summed E-state index contributed by atoms with van der Waals surface area (Å²) in [5, 5.41) is 0. The number of nitrogens with two attached hydrogens (primary N) is 1. The van der Waals surface area contributed by atoms with E-state index in [1.807, 2.05) is 0 Å². The highest BCUT2D eigenvalue weighted by atomic mass is 16.5. The minimum absolute atomic E-state index is 0.136. The van der Waals surface area contributed by atoms with Crippen molar-refractivity contribution in [2.24, 2.45) is 5.73 Å². The maximum Gasteiger partial charge on any atom is 0.0731 e. The maximum absolute atomic E-state index is 6.34. The number of nitrogens with zero attached hydrogens (tertiary/aromatic N) is 1. The Kier molecular flexibility index (Phi) is 4.11. The lowest BCUT2D eigenvalue weighted by Gasteiger charge is -2.44. The third-order valence-electron chi connectivity index (χ3n) is 4.80. The van der Waals surface area contributed by atoms with Crippen LogP contribution in [0, 0.1) is 6.92 Å². The number of ether oxygens (including phenoxy) is 1. The molecule has 1 aliphatic carbocycles. The van der Waals surface area contributed by atoms with Gasteiger partial charge in [0.2, 0.25) is 0 Å². The van der Waals surface area contributed by atoms with Gasteiger partial charge in [0.15, 0.2) is 0 Å². The van der Waals surface area contributed by atoms with Crippen LogP contribution in [-0.2, 0) is 4.74 Å². The summed E-state index contributed by atoms with van der Waals surface area (Å²) in [4.78, 5) is 2.61. The Bertz CT molecular complexity index is 443. The maximum atomic E-state index is 6.34. The van der Waals surface area contributed by atoms with Crippen LogP contribution in [-0.4, -0.2) is 36.2 Å². The average Bonchev–Trinajstić information content (AvgIpc) is 2.90. The van der Waals surface area contributed by atoms with Gasteiger partial charge in [0.25, 0.3) is 0 Å². The van der Waals surface area contributed by atoms with E-state index in [9.17, 15) is 0 Å². The van der Waals surface area contributed by atoms with Crippen LogP contribution in [0.4, 0.5) is 0 Å². The van der Waals surface area contributed by atoms with Crippen LogP contribution < -0.4 is 5.73 Å². The number of fused-ring (bicyclic) bond motifs is 1. The third-order valence-corrected chi connectivity index (χ3v) is 4.80. The van der Waals surface area contributed by atoms with Gasteiger partial charge in [-0.15, -0.1) is 0 Å². The molecule has 3 heteroatoms. The van der Waals surface area contributed by atoms with Crippen LogP contribution >= 0.6 is 0 Å². The van der Waals surface area contributed by atoms with Crippen LogP contribution in [0.2, 0.25) is 0 Å². The van der Waals surface area contributed by atoms with E-state index in [-0.39, 0.29) is 6.04 Å². The van der Waals surface area contributed by atoms with Crippen molar-refractivity contribution in [1.82, 2.24) is 4.90 Å². The Hall–Kier alpha value is -0.900. The monoisotopic (exact) mass is 274 g/mol. The zero-order valence-electron chi connectivity index (χ0n) is 12.6. The molecule has 0 spiro atoms. The standard InChI is InChI=1S/C17H26N2O/c1-12-6-8-14(9-7-12)17(13(2)18)19-10-11-20-16-5-3-4-15(16)19/h6-9,13,15-17H,3-5,10-11,18H2,1-2H3. The van der Waals surface area contributed by atoms with Crippen molar-refractivity contribution >= 4 is 0 Å². The Morgan fingerprint density at radius 2 is 2.00 bits per heavy atom. The van der Waals surface area contributed by atoms with Crippen LogP contribution in [0.15, 0.2) is 24.3 Å². The highest BCUT2D eigenvalue weighted by Crippen LogP contribution is 2.36. The van der Waals surface area contributed by atoms with Gasteiger partial charge in [-0.05, 0) is 38.7 Å². The van der Waals surface area contributed by atoms with E-state index in [1.165, 1.54) is 30.4 Å². The number of aryl methyl sites for hydroxylation is 1. The molecule has 1 aliphatic heterocycles. The summed E-state index contributed by atoms with van der Waals surface area (Å²) in [6.45, 7) is 6.10. The molecule has 0 radical (unpaired) electrons.